The van der Waals surface area contributed by atoms with Gasteiger partial charge in [0.05, 0.1) is 6.10 Å². The van der Waals surface area contributed by atoms with Gasteiger partial charge in [0.15, 0.2) is 0 Å². The molecule has 2 fully saturated rings. The Kier molecular flexibility index (Phi) is 10.7. The summed E-state index contributed by atoms with van der Waals surface area (Å²) in [6, 6.07) is 0.869. The van der Waals surface area contributed by atoms with Crippen molar-refractivity contribution in [2.45, 2.75) is 64.0 Å². The van der Waals surface area contributed by atoms with Gasteiger partial charge in [-0.1, -0.05) is 19.3 Å². The Morgan fingerprint density at radius 1 is 1.06 bits per heavy atom. The number of piperidine rings is 1. The van der Waals surface area contributed by atoms with Crippen molar-refractivity contribution in [2.75, 3.05) is 13.1 Å². The Morgan fingerprint density at radius 2 is 1.56 bits per heavy atom. The molecule has 1 atom stereocenters. The molecule has 0 spiro atoms. The third-order valence-electron chi connectivity index (χ3n) is 4.35. The molecule has 5 heteroatoms. The van der Waals surface area contributed by atoms with E-state index in [9.17, 15) is 5.11 Å². The average Bonchev–Trinajstić information content (AvgIpc) is 2.41. The van der Waals surface area contributed by atoms with Gasteiger partial charge in [0.2, 0.25) is 0 Å². The van der Waals surface area contributed by atoms with Gasteiger partial charge in [0.1, 0.15) is 0 Å². The molecule has 1 aliphatic carbocycles. The first-order valence-corrected chi connectivity index (χ1v) is 16.0. The van der Waals surface area contributed by atoms with E-state index in [1.807, 2.05) is 6.92 Å². The molecule has 1 saturated carbocycles. The van der Waals surface area contributed by atoms with E-state index in [1.165, 1.54) is 58.0 Å². The number of rotatable bonds is 2. The molecule has 1 unspecified atom stereocenters. The molecule has 0 aromatic rings. The number of likely N-dealkylation sites (tertiary alicyclic amines) is 1. The standard InChI is InChI=1S/C13H25NO.2HI.V/c1-11(15)12-7-9-14(10-8-12)13-5-3-2-4-6-13;;;/h11-13,15H,2-10H2,1H3;2*1H;/q;;;+2/p-2. The molecule has 2 rings (SSSR count). The summed E-state index contributed by atoms with van der Waals surface area (Å²) in [6.45, 7) is 4.39. The second kappa shape index (κ2) is 10.7. The van der Waals surface area contributed by atoms with Crippen LogP contribution in [0.4, 0.5) is 0 Å². The van der Waals surface area contributed by atoms with E-state index in [2.05, 4.69) is 44.9 Å². The third kappa shape index (κ3) is 6.61. The van der Waals surface area contributed by atoms with Crippen molar-refractivity contribution >= 4 is 40.0 Å². The zero-order chi connectivity index (χ0) is 13.4. The summed E-state index contributed by atoms with van der Waals surface area (Å²) in [7, 11) is 0.628. The van der Waals surface area contributed by atoms with Crippen LogP contribution in [0.2, 0.25) is 0 Å². The number of halogens is 2. The van der Waals surface area contributed by atoms with Crippen LogP contribution in [0.25, 0.3) is 0 Å². The molecule has 0 aromatic heterocycles. The summed E-state index contributed by atoms with van der Waals surface area (Å²) in [6.07, 6.45) is 9.45. The molecule has 1 N–H and O–H groups in total. The van der Waals surface area contributed by atoms with E-state index in [0.717, 1.165) is 6.04 Å². The van der Waals surface area contributed by atoms with E-state index in [0.29, 0.717) is 15.4 Å². The van der Waals surface area contributed by atoms with Crippen LogP contribution in [0.5, 0.6) is 0 Å². The molecular weight excluding hydrogens is 491 g/mol. The Balaban J connectivity index is 0.000000492. The molecule has 0 aromatic carbocycles. The van der Waals surface area contributed by atoms with E-state index in [4.69, 9.17) is 0 Å². The fraction of sp³-hybridized carbons (Fsp3) is 1.00. The van der Waals surface area contributed by atoms with E-state index >= 15 is 0 Å². The molecule has 0 amide bonds. The van der Waals surface area contributed by atoms with Crippen LogP contribution >= 0.6 is 40.0 Å². The monoisotopic (exact) mass is 516 g/mol. The van der Waals surface area contributed by atoms with Crippen molar-refractivity contribution in [3.8, 4) is 0 Å². The maximum absolute atomic E-state index is 9.56. The first kappa shape index (κ1) is 18.0. The Hall–Kier alpha value is 1.96. The van der Waals surface area contributed by atoms with E-state index in [1.54, 1.807) is 0 Å². The summed E-state index contributed by atoms with van der Waals surface area (Å²) in [5.41, 5.74) is 0. The summed E-state index contributed by atoms with van der Waals surface area (Å²) >= 11 is 4.74. The van der Waals surface area contributed by atoms with Crippen molar-refractivity contribution in [1.82, 2.24) is 4.90 Å². The summed E-state index contributed by atoms with van der Waals surface area (Å²) in [5.74, 6) is 0.560. The first-order valence-electron chi connectivity index (χ1n) is 7.03. The number of hydrogen-bond acceptors (Lipinski definition) is 2. The quantitative estimate of drug-likeness (QED) is 0.558. The molecule has 1 aliphatic heterocycles. The number of aliphatic hydroxyl groups excluding tert-OH is 1. The molecule has 18 heavy (non-hydrogen) atoms. The molecule has 1 heterocycles. The summed E-state index contributed by atoms with van der Waals surface area (Å²) in [4.78, 5) is 2.68. The van der Waals surface area contributed by atoms with Gasteiger partial charge >= 0.3 is 49.4 Å². The Bertz CT molecular complexity index is 205. The van der Waals surface area contributed by atoms with Crippen molar-refractivity contribution in [3.63, 3.8) is 0 Å². The van der Waals surface area contributed by atoms with Crippen LogP contribution in [0.15, 0.2) is 0 Å². The zero-order valence-corrected chi connectivity index (χ0v) is 16.9. The number of hydrogen-bond donors (Lipinski definition) is 1. The van der Waals surface area contributed by atoms with Gasteiger partial charge in [0.25, 0.3) is 0 Å². The van der Waals surface area contributed by atoms with Crippen LogP contribution in [0.1, 0.15) is 51.9 Å². The van der Waals surface area contributed by atoms with Gasteiger partial charge in [-0.3, -0.25) is 0 Å². The number of nitrogens with zero attached hydrogens (tertiary/aromatic N) is 1. The maximum atomic E-state index is 9.56. The van der Waals surface area contributed by atoms with Gasteiger partial charge in [-0.15, -0.1) is 0 Å². The van der Waals surface area contributed by atoms with Crippen LogP contribution in [-0.2, 0) is 9.47 Å². The molecule has 2 nitrogen and oxygen atoms in total. The second-order valence-corrected chi connectivity index (χ2v) is 17.3. The minimum atomic E-state index is -0.0986. The molecular formula is C13H25I2NOV. The van der Waals surface area contributed by atoms with Gasteiger partial charge in [-0.05, 0) is 51.6 Å². The van der Waals surface area contributed by atoms with Crippen LogP contribution in [-0.4, -0.2) is 35.2 Å². The predicted molar refractivity (Wildman–Crippen MR) is 90.9 cm³/mol. The van der Waals surface area contributed by atoms with Crippen molar-refractivity contribution in [1.29, 1.82) is 0 Å². The minimum absolute atomic E-state index is 0.0986. The molecule has 107 valence electrons. The van der Waals surface area contributed by atoms with Gasteiger partial charge in [-0.25, -0.2) is 0 Å². The Morgan fingerprint density at radius 3 is 2.00 bits per heavy atom. The summed E-state index contributed by atoms with van der Waals surface area (Å²) < 4.78 is 0. The fourth-order valence-corrected chi connectivity index (χ4v) is 3.21. The van der Waals surface area contributed by atoms with Gasteiger partial charge < -0.3 is 10.0 Å². The van der Waals surface area contributed by atoms with Crippen LogP contribution in [0.3, 0.4) is 0 Å². The first-order chi connectivity index (χ1) is 8.69. The normalized spacial score (nSPS) is 25.1. The predicted octanol–water partition coefficient (Wildman–Crippen LogP) is 4.18. The second-order valence-electron chi connectivity index (χ2n) is 5.47. The average molecular weight is 516 g/mol. The third-order valence-corrected chi connectivity index (χ3v) is 4.35. The van der Waals surface area contributed by atoms with Crippen molar-refractivity contribution in [2.24, 2.45) is 5.92 Å². The van der Waals surface area contributed by atoms with Crippen molar-refractivity contribution in [3.05, 3.63) is 0 Å². The molecule has 0 bridgehead atoms. The number of aliphatic hydroxyl groups is 1. The molecule has 1 saturated heterocycles. The zero-order valence-electron chi connectivity index (χ0n) is 11.2. The van der Waals surface area contributed by atoms with Crippen LogP contribution < -0.4 is 0 Å². The summed E-state index contributed by atoms with van der Waals surface area (Å²) in [5, 5.41) is 9.56. The topological polar surface area (TPSA) is 23.5 Å². The van der Waals surface area contributed by atoms with Crippen molar-refractivity contribution < 1.29 is 14.6 Å². The molecule has 2 aliphatic rings. The SMILES string of the molecule is CC(O)C1CCN(C2CCCCC2)CC1.[I][V][I]. The molecule has 0 radical (unpaired) electrons. The Labute approximate surface area is 141 Å². The van der Waals surface area contributed by atoms with Crippen LogP contribution in [0, 0.1) is 5.92 Å². The van der Waals surface area contributed by atoms with E-state index < -0.39 is 0 Å². The van der Waals surface area contributed by atoms with Gasteiger partial charge in [-0.2, -0.15) is 0 Å². The fourth-order valence-electron chi connectivity index (χ4n) is 3.21. The van der Waals surface area contributed by atoms with Gasteiger partial charge in [0, 0.05) is 6.04 Å². The van der Waals surface area contributed by atoms with E-state index in [-0.39, 0.29) is 6.10 Å².